The molecule has 1 fully saturated rings. The van der Waals surface area contributed by atoms with Crippen LogP contribution >= 0.6 is 0 Å². The van der Waals surface area contributed by atoms with E-state index < -0.39 is 10.0 Å². The minimum atomic E-state index is -3.20. The van der Waals surface area contributed by atoms with Crippen LogP contribution in [0, 0.1) is 0 Å². The number of hydrogen-bond donors (Lipinski definition) is 2. The van der Waals surface area contributed by atoms with Crippen molar-refractivity contribution < 1.29 is 13.5 Å². The van der Waals surface area contributed by atoms with E-state index in [0.29, 0.717) is 0 Å². The molecule has 0 aromatic rings. The van der Waals surface area contributed by atoms with Crippen molar-refractivity contribution in [2.24, 2.45) is 0 Å². The number of aliphatic hydroxyl groups is 1. The third kappa shape index (κ3) is 3.22. The van der Waals surface area contributed by atoms with Gasteiger partial charge in [-0.2, -0.15) is 0 Å². The van der Waals surface area contributed by atoms with Crippen molar-refractivity contribution >= 4 is 10.0 Å². The highest BCUT2D eigenvalue weighted by Gasteiger charge is 2.27. The second kappa shape index (κ2) is 5.09. The van der Waals surface area contributed by atoms with Crippen molar-refractivity contribution in [1.82, 2.24) is 4.72 Å². The van der Waals surface area contributed by atoms with E-state index in [1.54, 1.807) is 6.92 Å². The van der Waals surface area contributed by atoms with Crippen LogP contribution in [0.3, 0.4) is 0 Å². The summed E-state index contributed by atoms with van der Waals surface area (Å²) in [5.41, 5.74) is 0. The number of rotatable bonds is 4. The molecule has 0 amide bonds. The first-order chi connectivity index (χ1) is 6.56. The highest BCUT2D eigenvalue weighted by molar-refractivity contribution is 7.90. The van der Waals surface area contributed by atoms with Crippen LogP contribution in [0.15, 0.2) is 0 Å². The summed E-state index contributed by atoms with van der Waals surface area (Å²) in [7, 11) is -3.20. The Morgan fingerprint density at radius 3 is 2.43 bits per heavy atom. The molecular weight excluding hydrogens is 202 g/mol. The maximum atomic E-state index is 11.7. The second-order valence-corrected chi connectivity index (χ2v) is 6.00. The summed E-state index contributed by atoms with van der Waals surface area (Å²) >= 11 is 0. The molecule has 0 saturated heterocycles. The van der Waals surface area contributed by atoms with E-state index >= 15 is 0 Å². The van der Waals surface area contributed by atoms with Gasteiger partial charge in [0.1, 0.15) is 0 Å². The molecule has 84 valence electrons. The Bertz CT molecular complexity index is 257. The lowest BCUT2D eigenvalue weighted by Crippen LogP contribution is -2.41. The lowest BCUT2D eigenvalue weighted by atomic mass is 10.0. The summed E-state index contributed by atoms with van der Waals surface area (Å²) < 4.78 is 26.0. The fourth-order valence-corrected chi connectivity index (χ4v) is 3.57. The Kier molecular flexibility index (Phi) is 4.34. The minimum absolute atomic E-state index is 0.147. The monoisotopic (exact) mass is 221 g/mol. The maximum Gasteiger partial charge on any atom is 0.214 e. The SMILES string of the molecule is CC(CO)NS(=O)(=O)C1CCCCC1. The second-order valence-electron chi connectivity index (χ2n) is 4.01. The van der Waals surface area contributed by atoms with Gasteiger partial charge in [-0.1, -0.05) is 19.3 Å². The molecule has 0 spiro atoms. The Morgan fingerprint density at radius 1 is 1.36 bits per heavy atom. The van der Waals surface area contributed by atoms with E-state index in [-0.39, 0.29) is 17.9 Å². The molecule has 0 aliphatic heterocycles. The molecular formula is C9H19NO3S. The Hall–Kier alpha value is -0.130. The third-order valence-corrected chi connectivity index (χ3v) is 4.71. The molecule has 1 unspecified atom stereocenters. The fraction of sp³-hybridized carbons (Fsp3) is 1.00. The molecule has 0 heterocycles. The first kappa shape index (κ1) is 11.9. The van der Waals surface area contributed by atoms with Crippen LogP contribution in [0.25, 0.3) is 0 Å². The van der Waals surface area contributed by atoms with Crippen LogP contribution in [0.1, 0.15) is 39.0 Å². The summed E-state index contributed by atoms with van der Waals surface area (Å²) in [6.07, 6.45) is 4.65. The normalized spacial score (nSPS) is 22.1. The molecule has 1 atom stereocenters. The summed E-state index contributed by atoms with van der Waals surface area (Å²) in [5, 5.41) is 8.52. The van der Waals surface area contributed by atoms with Crippen molar-refractivity contribution in [2.75, 3.05) is 6.61 Å². The molecule has 0 radical (unpaired) electrons. The van der Waals surface area contributed by atoms with Crippen LogP contribution in [-0.2, 0) is 10.0 Å². The van der Waals surface area contributed by atoms with Gasteiger partial charge in [-0.15, -0.1) is 0 Å². The van der Waals surface area contributed by atoms with E-state index in [9.17, 15) is 8.42 Å². The van der Waals surface area contributed by atoms with Gasteiger partial charge in [0.05, 0.1) is 11.9 Å². The van der Waals surface area contributed by atoms with Crippen molar-refractivity contribution in [3.8, 4) is 0 Å². The molecule has 2 N–H and O–H groups in total. The average Bonchev–Trinajstić information content (AvgIpc) is 2.18. The van der Waals surface area contributed by atoms with Gasteiger partial charge in [-0.3, -0.25) is 0 Å². The lowest BCUT2D eigenvalue weighted by Gasteiger charge is -2.23. The predicted octanol–water partition coefficient (Wildman–Crippen LogP) is 0.619. The van der Waals surface area contributed by atoms with E-state index in [1.165, 1.54) is 0 Å². The number of aliphatic hydroxyl groups excluding tert-OH is 1. The van der Waals surface area contributed by atoms with Gasteiger partial charge in [0.2, 0.25) is 10.0 Å². The van der Waals surface area contributed by atoms with Gasteiger partial charge < -0.3 is 5.11 Å². The zero-order valence-electron chi connectivity index (χ0n) is 8.57. The third-order valence-electron chi connectivity index (χ3n) is 2.63. The standard InChI is InChI=1S/C9H19NO3S/c1-8(7-11)10-14(12,13)9-5-3-2-4-6-9/h8-11H,2-7H2,1H3. The Labute approximate surface area is 85.8 Å². The minimum Gasteiger partial charge on any atom is -0.395 e. The van der Waals surface area contributed by atoms with Gasteiger partial charge in [-0.05, 0) is 19.8 Å². The fourth-order valence-electron chi connectivity index (χ4n) is 1.79. The zero-order chi connectivity index (χ0) is 10.6. The summed E-state index contributed by atoms with van der Waals surface area (Å²) in [5.74, 6) is 0. The van der Waals surface area contributed by atoms with Gasteiger partial charge in [-0.25, -0.2) is 13.1 Å². The van der Waals surface area contributed by atoms with Crippen molar-refractivity contribution in [1.29, 1.82) is 0 Å². The number of nitrogens with one attached hydrogen (secondary N) is 1. The van der Waals surface area contributed by atoms with E-state index in [4.69, 9.17) is 5.11 Å². The van der Waals surface area contributed by atoms with Crippen molar-refractivity contribution in [2.45, 2.75) is 50.3 Å². The largest absolute Gasteiger partial charge is 0.395 e. The summed E-state index contributed by atoms with van der Waals surface area (Å²) in [6, 6.07) is -0.373. The highest BCUT2D eigenvalue weighted by Crippen LogP contribution is 2.23. The van der Waals surface area contributed by atoms with Gasteiger partial charge in [0.15, 0.2) is 0 Å². The summed E-state index contributed by atoms with van der Waals surface area (Å²) in [4.78, 5) is 0. The molecule has 1 saturated carbocycles. The number of hydrogen-bond acceptors (Lipinski definition) is 3. The van der Waals surface area contributed by atoms with Gasteiger partial charge >= 0.3 is 0 Å². The quantitative estimate of drug-likeness (QED) is 0.731. The zero-order valence-corrected chi connectivity index (χ0v) is 9.39. The molecule has 1 rings (SSSR count). The molecule has 1 aliphatic carbocycles. The molecule has 14 heavy (non-hydrogen) atoms. The van der Waals surface area contributed by atoms with Crippen molar-refractivity contribution in [3.05, 3.63) is 0 Å². The van der Waals surface area contributed by atoms with Crippen LogP contribution in [0.4, 0.5) is 0 Å². The van der Waals surface area contributed by atoms with Crippen LogP contribution in [-0.4, -0.2) is 31.4 Å². The summed E-state index contributed by atoms with van der Waals surface area (Å²) in [6.45, 7) is 1.52. The Morgan fingerprint density at radius 2 is 1.93 bits per heavy atom. The average molecular weight is 221 g/mol. The molecule has 0 aromatic heterocycles. The molecule has 4 nitrogen and oxygen atoms in total. The van der Waals surface area contributed by atoms with Gasteiger partial charge in [0, 0.05) is 6.04 Å². The van der Waals surface area contributed by atoms with E-state index in [2.05, 4.69) is 4.72 Å². The van der Waals surface area contributed by atoms with Crippen LogP contribution < -0.4 is 4.72 Å². The van der Waals surface area contributed by atoms with E-state index in [1.807, 2.05) is 0 Å². The van der Waals surface area contributed by atoms with Crippen molar-refractivity contribution in [3.63, 3.8) is 0 Å². The van der Waals surface area contributed by atoms with Crippen LogP contribution in [0.2, 0.25) is 0 Å². The molecule has 0 bridgehead atoms. The lowest BCUT2D eigenvalue weighted by molar-refractivity contribution is 0.264. The molecule has 5 heteroatoms. The highest BCUT2D eigenvalue weighted by atomic mass is 32.2. The first-order valence-electron chi connectivity index (χ1n) is 5.18. The number of sulfonamides is 1. The molecule has 0 aromatic carbocycles. The topological polar surface area (TPSA) is 66.4 Å². The maximum absolute atomic E-state index is 11.7. The van der Waals surface area contributed by atoms with E-state index in [0.717, 1.165) is 32.1 Å². The predicted molar refractivity (Wildman–Crippen MR) is 55.5 cm³/mol. The van der Waals surface area contributed by atoms with Gasteiger partial charge in [0.25, 0.3) is 0 Å². The molecule has 1 aliphatic rings. The Balaban J connectivity index is 2.54. The first-order valence-corrected chi connectivity index (χ1v) is 6.73. The van der Waals surface area contributed by atoms with Crippen LogP contribution in [0.5, 0.6) is 0 Å². The smallest absolute Gasteiger partial charge is 0.214 e.